The minimum Gasteiger partial charge on any atom is -0.508 e. The lowest BCUT2D eigenvalue weighted by atomic mass is 10.1. The number of rotatable bonds is 4. The van der Waals surface area contributed by atoms with Crippen LogP contribution in [0.3, 0.4) is 0 Å². The summed E-state index contributed by atoms with van der Waals surface area (Å²) in [5, 5.41) is 9.60. The van der Waals surface area contributed by atoms with Crippen LogP contribution in [0, 0.1) is 13.8 Å². The van der Waals surface area contributed by atoms with Gasteiger partial charge in [-0.15, -0.1) is 11.3 Å². The molecule has 0 radical (unpaired) electrons. The van der Waals surface area contributed by atoms with Gasteiger partial charge >= 0.3 is 0 Å². The van der Waals surface area contributed by atoms with Gasteiger partial charge in [-0.1, -0.05) is 6.92 Å². The van der Waals surface area contributed by atoms with Crippen molar-refractivity contribution in [3.63, 3.8) is 0 Å². The van der Waals surface area contributed by atoms with Crippen molar-refractivity contribution in [2.45, 2.75) is 31.4 Å². The first-order valence-corrected chi connectivity index (χ1v) is 8.55. The maximum Gasteiger partial charge on any atom is 0.271 e. The van der Waals surface area contributed by atoms with Gasteiger partial charge in [0.25, 0.3) is 10.0 Å². The van der Waals surface area contributed by atoms with Gasteiger partial charge in [-0.3, -0.25) is 4.72 Å². The lowest BCUT2D eigenvalue weighted by Crippen LogP contribution is -2.12. The first-order valence-electron chi connectivity index (χ1n) is 6.25. The van der Waals surface area contributed by atoms with Crippen molar-refractivity contribution in [1.29, 1.82) is 0 Å². The lowest BCUT2D eigenvalue weighted by molar-refractivity contribution is 0.471. The first kappa shape index (κ1) is 14.9. The number of aryl methyl sites for hydroxylation is 3. The molecule has 108 valence electrons. The van der Waals surface area contributed by atoms with Crippen LogP contribution in [0.25, 0.3) is 0 Å². The molecule has 0 saturated carbocycles. The molecular formula is C14H17NO3S2. The van der Waals surface area contributed by atoms with Crippen LogP contribution in [0.5, 0.6) is 5.75 Å². The highest BCUT2D eigenvalue weighted by Crippen LogP contribution is 2.29. The third-order valence-electron chi connectivity index (χ3n) is 3.04. The maximum absolute atomic E-state index is 12.3. The van der Waals surface area contributed by atoms with Crippen molar-refractivity contribution in [2.75, 3.05) is 4.72 Å². The zero-order valence-corrected chi connectivity index (χ0v) is 13.2. The van der Waals surface area contributed by atoms with Crippen molar-refractivity contribution in [1.82, 2.24) is 0 Å². The van der Waals surface area contributed by atoms with E-state index < -0.39 is 10.0 Å². The van der Waals surface area contributed by atoms with Gasteiger partial charge in [0.1, 0.15) is 9.96 Å². The van der Waals surface area contributed by atoms with Gasteiger partial charge in [0.05, 0.1) is 5.69 Å². The quantitative estimate of drug-likeness (QED) is 0.850. The average molecular weight is 311 g/mol. The Morgan fingerprint density at radius 1 is 1.20 bits per heavy atom. The van der Waals surface area contributed by atoms with Crippen molar-refractivity contribution < 1.29 is 13.5 Å². The molecule has 0 amide bonds. The van der Waals surface area contributed by atoms with E-state index in [1.807, 2.05) is 13.0 Å². The van der Waals surface area contributed by atoms with Crippen LogP contribution in [0.2, 0.25) is 0 Å². The van der Waals surface area contributed by atoms with Crippen LogP contribution in [0.15, 0.2) is 28.5 Å². The normalized spacial score (nSPS) is 11.6. The molecule has 0 aliphatic heterocycles. The SMILES string of the molecule is CCc1ccc(S(=O)(=O)Nc2cc(C)c(O)cc2C)s1. The summed E-state index contributed by atoms with van der Waals surface area (Å²) in [7, 11) is -3.57. The van der Waals surface area contributed by atoms with Gasteiger partial charge in [0.15, 0.2) is 0 Å². The van der Waals surface area contributed by atoms with Crippen molar-refractivity contribution in [3.05, 3.63) is 40.3 Å². The molecule has 6 heteroatoms. The predicted octanol–water partition coefficient (Wildman–Crippen LogP) is 3.43. The third kappa shape index (κ3) is 2.96. The number of thiophene rings is 1. The fourth-order valence-corrected chi connectivity index (χ4v) is 4.22. The highest BCUT2D eigenvalue weighted by atomic mass is 32.2. The van der Waals surface area contributed by atoms with Crippen molar-refractivity contribution in [3.8, 4) is 5.75 Å². The Bertz CT molecular complexity index is 733. The molecule has 1 heterocycles. The van der Waals surface area contributed by atoms with Gasteiger partial charge < -0.3 is 5.11 Å². The van der Waals surface area contributed by atoms with Crippen molar-refractivity contribution in [2.24, 2.45) is 0 Å². The Labute approximate surface area is 123 Å². The van der Waals surface area contributed by atoms with Crippen LogP contribution in [0.4, 0.5) is 5.69 Å². The van der Waals surface area contributed by atoms with Crippen molar-refractivity contribution >= 4 is 27.0 Å². The van der Waals surface area contributed by atoms with Crippen LogP contribution in [-0.2, 0) is 16.4 Å². The van der Waals surface area contributed by atoms with E-state index in [1.165, 1.54) is 11.3 Å². The Balaban J connectivity index is 2.35. The number of phenols is 1. The Kier molecular flexibility index (Phi) is 4.06. The Morgan fingerprint density at radius 3 is 2.50 bits per heavy atom. The molecule has 1 aromatic carbocycles. The third-order valence-corrected chi connectivity index (χ3v) is 6.12. The minimum absolute atomic E-state index is 0.162. The van der Waals surface area contributed by atoms with E-state index in [1.54, 1.807) is 32.0 Å². The maximum atomic E-state index is 12.3. The van der Waals surface area contributed by atoms with E-state index in [9.17, 15) is 13.5 Å². The molecule has 2 N–H and O–H groups in total. The number of anilines is 1. The van der Waals surface area contributed by atoms with E-state index in [0.717, 1.165) is 11.3 Å². The second kappa shape index (κ2) is 5.46. The van der Waals surface area contributed by atoms with Gasteiger partial charge in [0.2, 0.25) is 0 Å². The monoisotopic (exact) mass is 311 g/mol. The Hall–Kier alpha value is -1.53. The number of nitrogens with one attached hydrogen (secondary N) is 1. The largest absolute Gasteiger partial charge is 0.508 e. The predicted molar refractivity (Wildman–Crippen MR) is 82.1 cm³/mol. The van der Waals surface area contributed by atoms with Gasteiger partial charge in [-0.25, -0.2) is 8.42 Å². The summed E-state index contributed by atoms with van der Waals surface area (Å²) >= 11 is 1.27. The molecule has 0 bridgehead atoms. The van der Waals surface area contributed by atoms with Crippen LogP contribution in [0.1, 0.15) is 22.9 Å². The van der Waals surface area contributed by atoms with Gasteiger partial charge in [-0.05, 0) is 55.7 Å². The first-order chi connectivity index (χ1) is 9.33. The molecule has 0 fully saturated rings. The molecule has 0 aliphatic carbocycles. The highest BCUT2D eigenvalue weighted by Gasteiger charge is 2.18. The summed E-state index contributed by atoms with van der Waals surface area (Å²) in [6.45, 7) is 5.47. The molecule has 20 heavy (non-hydrogen) atoms. The fraction of sp³-hybridized carbons (Fsp3) is 0.286. The summed E-state index contributed by atoms with van der Waals surface area (Å²) in [5.41, 5.74) is 1.81. The minimum atomic E-state index is -3.57. The summed E-state index contributed by atoms with van der Waals surface area (Å²) in [6.07, 6.45) is 0.817. The number of sulfonamides is 1. The molecule has 4 nitrogen and oxygen atoms in total. The van der Waals surface area contributed by atoms with E-state index in [-0.39, 0.29) is 5.75 Å². The molecule has 1 aromatic heterocycles. The number of hydrogen-bond donors (Lipinski definition) is 2. The number of benzene rings is 1. The van der Waals surface area contributed by atoms with E-state index >= 15 is 0 Å². The van der Waals surface area contributed by atoms with E-state index in [0.29, 0.717) is 21.0 Å². The van der Waals surface area contributed by atoms with E-state index in [2.05, 4.69) is 4.72 Å². The molecule has 0 spiro atoms. The summed E-state index contributed by atoms with van der Waals surface area (Å²) in [4.78, 5) is 1.03. The lowest BCUT2D eigenvalue weighted by Gasteiger charge is -2.11. The summed E-state index contributed by atoms with van der Waals surface area (Å²) in [6, 6.07) is 6.64. The summed E-state index contributed by atoms with van der Waals surface area (Å²) in [5.74, 6) is 0.162. The molecule has 2 rings (SSSR count). The smallest absolute Gasteiger partial charge is 0.271 e. The Morgan fingerprint density at radius 2 is 1.90 bits per heavy atom. The van der Waals surface area contributed by atoms with E-state index in [4.69, 9.17) is 0 Å². The molecule has 0 atom stereocenters. The molecule has 0 aliphatic rings. The van der Waals surface area contributed by atoms with Gasteiger partial charge in [0, 0.05) is 4.88 Å². The molecular weight excluding hydrogens is 294 g/mol. The standard InChI is InChI=1S/C14H17NO3S2/c1-4-11-5-6-14(19-11)20(17,18)15-12-7-10(3)13(16)8-9(12)2/h5-8,15-16H,4H2,1-3H3. The molecule has 0 saturated heterocycles. The second-order valence-corrected chi connectivity index (χ2v) is 7.71. The van der Waals surface area contributed by atoms with Crippen LogP contribution >= 0.6 is 11.3 Å². The number of phenolic OH excluding ortho intramolecular Hbond substituents is 1. The number of aromatic hydroxyl groups is 1. The molecule has 2 aromatic rings. The zero-order valence-electron chi connectivity index (χ0n) is 11.6. The van der Waals surface area contributed by atoms with Crippen LogP contribution < -0.4 is 4.72 Å². The van der Waals surface area contributed by atoms with Gasteiger partial charge in [-0.2, -0.15) is 0 Å². The highest BCUT2D eigenvalue weighted by molar-refractivity contribution is 7.94. The second-order valence-electron chi connectivity index (χ2n) is 4.63. The molecule has 0 unspecified atom stereocenters. The number of hydrogen-bond acceptors (Lipinski definition) is 4. The van der Waals surface area contributed by atoms with Crippen LogP contribution in [-0.4, -0.2) is 13.5 Å². The average Bonchev–Trinajstić information content (AvgIpc) is 2.85. The summed E-state index contributed by atoms with van der Waals surface area (Å²) < 4.78 is 27.5. The fourth-order valence-electron chi connectivity index (χ4n) is 1.80. The zero-order chi connectivity index (χ0) is 14.9. The topological polar surface area (TPSA) is 66.4 Å².